The molecule has 1 aromatic carbocycles. The molecule has 0 heterocycles. The molecule has 1 fully saturated rings. The molecule has 1 aliphatic rings. The minimum Gasteiger partial charge on any atom is -0.382 e. The summed E-state index contributed by atoms with van der Waals surface area (Å²) in [5.74, 6) is -0.375. The molecule has 0 atom stereocenters. The van der Waals surface area contributed by atoms with Gasteiger partial charge in [-0.25, -0.2) is 4.39 Å². The Labute approximate surface area is 115 Å². The number of benzene rings is 1. The quantitative estimate of drug-likeness (QED) is 0.891. The van der Waals surface area contributed by atoms with Gasteiger partial charge in [-0.15, -0.1) is 0 Å². The molecule has 2 rings (SSSR count). The van der Waals surface area contributed by atoms with Gasteiger partial charge in [0.15, 0.2) is 5.82 Å². The summed E-state index contributed by atoms with van der Waals surface area (Å²) in [5, 5.41) is 12.0. The first kappa shape index (κ1) is 13.4. The van der Waals surface area contributed by atoms with Gasteiger partial charge < -0.3 is 5.32 Å². The van der Waals surface area contributed by atoms with E-state index in [4.69, 9.17) is 5.26 Å². The number of rotatable bonds is 4. The lowest BCUT2D eigenvalue weighted by Crippen LogP contribution is -2.36. The first-order chi connectivity index (χ1) is 8.62. The highest BCUT2D eigenvalue weighted by Crippen LogP contribution is 2.44. The predicted octanol–water partition coefficient (Wildman–Crippen LogP) is 4.45. The summed E-state index contributed by atoms with van der Waals surface area (Å²) in [6, 6.07) is 5.23. The Bertz CT molecular complexity index is 484. The van der Waals surface area contributed by atoms with Gasteiger partial charge in [-0.05, 0) is 52.7 Å². The van der Waals surface area contributed by atoms with E-state index in [1.165, 1.54) is 19.3 Å². The summed E-state index contributed by atoms with van der Waals surface area (Å²) in [7, 11) is 0. The van der Waals surface area contributed by atoms with Crippen molar-refractivity contribution in [2.75, 3.05) is 11.9 Å². The summed E-state index contributed by atoms with van der Waals surface area (Å²) in [5.41, 5.74) is 1.14. The monoisotopic (exact) mass is 310 g/mol. The molecule has 18 heavy (non-hydrogen) atoms. The SMILES string of the molecule is CCC1(CNc2ccc(C#N)c(Br)c2F)CCC1. The van der Waals surface area contributed by atoms with Gasteiger partial charge in [-0.3, -0.25) is 0 Å². The topological polar surface area (TPSA) is 35.8 Å². The number of nitrogens with zero attached hydrogens (tertiary/aromatic N) is 1. The Morgan fingerprint density at radius 1 is 1.50 bits per heavy atom. The molecule has 1 aliphatic carbocycles. The average molecular weight is 311 g/mol. The highest BCUT2D eigenvalue weighted by atomic mass is 79.9. The summed E-state index contributed by atoms with van der Waals surface area (Å²) in [6.45, 7) is 2.99. The predicted molar refractivity (Wildman–Crippen MR) is 73.9 cm³/mol. The van der Waals surface area contributed by atoms with Crippen molar-refractivity contribution in [3.63, 3.8) is 0 Å². The Balaban J connectivity index is 2.11. The van der Waals surface area contributed by atoms with Crippen molar-refractivity contribution in [1.82, 2.24) is 0 Å². The van der Waals surface area contributed by atoms with E-state index < -0.39 is 0 Å². The van der Waals surface area contributed by atoms with Crippen LogP contribution in [0.2, 0.25) is 0 Å². The Morgan fingerprint density at radius 2 is 2.22 bits per heavy atom. The van der Waals surface area contributed by atoms with Crippen LogP contribution in [0.1, 0.15) is 38.2 Å². The molecule has 0 radical (unpaired) electrons. The molecule has 0 bridgehead atoms. The van der Waals surface area contributed by atoms with Crippen LogP contribution in [0.3, 0.4) is 0 Å². The van der Waals surface area contributed by atoms with Crippen molar-refractivity contribution in [3.05, 3.63) is 28.0 Å². The summed E-state index contributed by atoms with van der Waals surface area (Å²) in [4.78, 5) is 0. The number of nitrogens with one attached hydrogen (secondary N) is 1. The smallest absolute Gasteiger partial charge is 0.161 e. The van der Waals surface area contributed by atoms with Gasteiger partial charge in [0.2, 0.25) is 0 Å². The number of hydrogen-bond acceptors (Lipinski definition) is 2. The average Bonchev–Trinajstić information content (AvgIpc) is 2.33. The molecule has 0 amide bonds. The van der Waals surface area contributed by atoms with Crippen molar-refractivity contribution in [1.29, 1.82) is 5.26 Å². The molecule has 0 spiro atoms. The van der Waals surface area contributed by atoms with Crippen LogP contribution in [0.25, 0.3) is 0 Å². The van der Waals surface area contributed by atoms with Crippen LogP contribution >= 0.6 is 15.9 Å². The maximum absolute atomic E-state index is 14.0. The van der Waals surface area contributed by atoms with Crippen molar-refractivity contribution in [3.8, 4) is 6.07 Å². The van der Waals surface area contributed by atoms with Gasteiger partial charge in [0, 0.05) is 6.54 Å². The Hall–Kier alpha value is -1.08. The lowest BCUT2D eigenvalue weighted by Gasteiger charge is -2.41. The third kappa shape index (κ3) is 2.37. The standard InChI is InChI=1S/C14H16BrFN2/c1-2-14(6-3-7-14)9-18-11-5-4-10(8-17)12(15)13(11)16/h4-5,18H,2-3,6-7,9H2,1H3. The van der Waals surface area contributed by atoms with Crippen LogP contribution in [0, 0.1) is 22.6 Å². The highest BCUT2D eigenvalue weighted by molar-refractivity contribution is 9.10. The third-order valence-electron chi connectivity index (χ3n) is 4.02. The molecule has 4 heteroatoms. The van der Waals surface area contributed by atoms with E-state index in [1.54, 1.807) is 12.1 Å². The minimum atomic E-state index is -0.375. The molecule has 0 unspecified atom stereocenters. The summed E-state index contributed by atoms with van der Waals surface area (Å²) < 4.78 is 14.2. The maximum Gasteiger partial charge on any atom is 0.161 e. The number of halogens is 2. The van der Waals surface area contributed by atoms with Crippen molar-refractivity contribution < 1.29 is 4.39 Å². The van der Waals surface area contributed by atoms with E-state index in [0.717, 1.165) is 13.0 Å². The van der Waals surface area contributed by atoms with Crippen molar-refractivity contribution >= 4 is 21.6 Å². The second kappa shape index (κ2) is 5.27. The fraction of sp³-hybridized carbons (Fsp3) is 0.500. The fourth-order valence-electron chi connectivity index (χ4n) is 2.39. The van der Waals surface area contributed by atoms with Gasteiger partial charge in [0.1, 0.15) is 6.07 Å². The van der Waals surface area contributed by atoms with Crippen LogP contribution in [0.4, 0.5) is 10.1 Å². The normalized spacial score (nSPS) is 16.8. The van der Waals surface area contributed by atoms with E-state index in [2.05, 4.69) is 28.2 Å². The molecule has 2 nitrogen and oxygen atoms in total. The van der Waals surface area contributed by atoms with Crippen LogP contribution in [-0.4, -0.2) is 6.54 Å². The van der Waals surface area contributed by atoms with Crippen molar-refractivity contribution in [2.24, 2.45) is 5.41 Å². The molecule has 1 aromatic rings. The molecule has 1 N–H and O–H groups in total. The van der Waals surface area contributed by atoms with E-state index in [-0.39, 0.29) is 10.3 Å². The second-order valence-corrected chi connectivity index (χ2v) is 5.75. The molecular formula is C14H16BrFN2. The second-order valence-electron chi connectivity index (χ2n) is 4.96. The Morgan fingerprint density at radius 3 is 2.72 bits per heavy atom. The van der Waals surface area contributed by atoms with E-state index >= 15 is 0 Å². The lowest BCUT2D eigenvalue weighted by atomic mass is 9.67. The summed E-state index contributed by atoms with van der Waals surface area (Å²) >= 11 is 3.12. The molecule has 0 aliphatic heterocycles. The molecule has 0 aromatic heterocycles. The third-order valence-corrected chi connectivity index (χ3v) is 4.80. The van der Waals surface area contributed by atoms with E-state index in [9.17, 15) is 4.39 Å². The fourth-order valence-corrected chi connectivity index (χ4v) is 2.82. The lowest BCUT2D eigenvalue weighted by molar-refractivity contribution is 0.145. The van der Waals surface area contributed by atoms with Gasteiger partial charge in [-0.2, -0.15) is 5.26 Å². The van der Waals surface area contributed by atoms with E-state index in [0.29, 0.717) is 16.7 Å². The van der Waals surface area contributed by atoms with Crippen LogP contribution < -0.4 is 5.32 Å². The van der Waals surface area contributed by atoms with E-state index in [1.807, 2.05) is 6.07 Å². The minimum absolute atomic E-state index is 0.245. The molecule has 96 valence electrons. The van der Waals surface area contributed by atoms with Gasteiger partial charge in [0.05, 0.1) is 15.7 Å². The van der Waals surface area contributed by atoms with Crippen molar-refractivity contribution in [2.45, 2.75) is 32.6 Å². The first-order valence-electron chi connectivity index (χ1n) is 6.24. The van der Waals surface area contributed by atoms with Crippen LogP contribution in [0.15, 0.2) is 16.6 Å². The van der Waals surface area contributed by atoms with Gasteiger partial charge in [-0.1, -0.05) is 13.3 Å². The summed E-state index contributed by atoms with van der Waals surface area (Å²) in [6.07, 6.45) is 4.83. The van der Waals surface area contributed by atoms with Gasteiger partial charge >= 0.3 is 0 Å². The molecule has 1 saturated carbocycles. The zero-order valence-corrected chi connectivity index (χ0v) is 12.0. The number of hydrogen-bond donors (Lipinski definition) is 1. The van der Waals surface area contributed by atoms with Crippen LogP contribution in [-0.2, 0) is 0 Å². The van der Waals surface area contributed by atoms with Crippen LogP contribution in [0.5, 0.6) is 0 Å². The number of anilines is 1. The highest BCUT2D eigenvalue weighted by Gasteiger charge is 2.34. The maximum atomic E-state index is 14.0. The van der Waals surface area contributed by atoms with Gasteiger partial charge in [0.25, 0.3) is 0 Å². The zero-order chi connectivity index (χ0) is 13.2. The molecular weight excluding hydrogens is 295 g/mol. The first-order valence-corrected chi connectivity index (χ1v) is 7.03. The largest absolute Gasteiger partial charge is 0.382 e. The number of nitriles is 1. The zero-order valence-electron chi connectivity index (χ0n) is 10.4. The molecule has 0 saturated heterocycles. The Kier molecular flexibility index (Phi) is 3.91.